The second-order valence-electron chi connectivity index (χ2n) is 14.1. The number of methoxy groups -OCH3 is 3. The molecule has 2 heterocycles. The van der Waals surface area contributed by atoms with Crippen LogP contribution < -0.4 is 18.9 Å². The van der Waals surface area contributed by atoms with Gasteiger partial charge in [-0.25, -0.2) is 0 Å². The number of hydrogen-bond acceptors (Lipinski definition) is 4. The van der Waals surface area contributed by atoms with Crippen LogP contribution >= 0.6 is 0 Å². The van der Waals surface area contributed by atoms with Crippen molar-refractivity contribution in [1.82, 2.24) is 4.57 Å². The highest BCUT2D eigenvalue weighted by atomic mass is 16.5. The SMILES string of the molecule is COc1ccc(C2(c3ccccc3)C=Cc3c(c4cc(OC)c(OC)cc4c4c5ccc(C)cc5n(-c5cccc(C(C)(C)C)c5)c34)O2)cc1. The van der Waals surface area contributed by atoms with Gasteiger partial charge in [-0.1, -0.05) is 87.5 Å². The van der Waals surface area contributed by atoms with Crippen LogP contribution in [-0.4, -0.2) is 25.9 Å². The Kier molecular flexibility index (Phi) is 7.41. The maximum atomic E-state index is 7.51. The lowest BCUT2D eigenvalue weighted by atomic mass is 9.83. The van der Waals surface area contributed by atoms with E-state index in [1.54, 1.807) is 21.3 Å². The van der Waals surface area contributed by atoms with Crippen LogP contribution in [0.3, 0.4) is 0 Å². The molecule has 1 aliphatic rings. The molecule has 0 aliphatic carbocycles. The van der Waals surface area contributed by atoms with Gasteiger partial charge in [-0.3, -0.25) is 0 Å². The first-order valence-electron chi connectivity index (χ1n) is 17.0. The van der Waals surface area contributed by atoms with Gasteiger partial charge in [0.05, 0.1) is 32.4 Å². The van der Waals surface area contributed by atoms with Crippen LogP contribution in [0.1, 0.15) is 48.6 Å². The van der Waals surface area contributed by atoms with Crippen LogP contribution in [0.25, 0.3) is 44.3 Å². The molecule has 0 saturated heterocycles. The van der Waals surface area contributed by atoms with Gasteiger partial charge in [0.2, 0.25) is 0 Å². The predicted molar refractivity (Wildman–Crippen MR) is 205 cm³/mol. The van der Waals surface area contributed by atoms with E-state index in [-0.39, 0.29) is 5.41 Å². The summed E-state index contributed by atoms with van der Waals surface area (Å²) in [5.74, 6) is 2.88. The third kappa shape index (κ3) is 4.83. The van der Waals surface area contributed by atoms with Crippen LogP contribution in [0, 0.1) is 6.92 Å². The van der Waals surface area contributed by atoms with E-state index in [0.717, 1.165) is 66.5 Å². The molecular weight excluding hydrogens is 618 g/mol. The molecule has 50 heavy (non-hydrogen) atoms. The minimum Gasteiger partial charge on any atom is -0.497 e. The van der Waals surface area contributed by atoms with Crippen molar-refractivity contribution >= 4 is 38.7 Å². The summed E-state index contributed by atoms with van der Waals surface area (Å²) in [6.07, 6.45) is 4.46. The normalized spacial score (nSPS) is 15.7. The fourth-order valence-electron chi connectivity index (χ4n) is 7.49. The molecule has 0 spiro atoms. The van der Waals surface area contributed by atoms with Crippen LogP contribution in [0.2, 0.25) is 0 Å². The lowest BCUT2D eigenvalue weighted by molar-refractivity contribution is 0.164. The Morgan fingerprint density at radius 3 is 2.04 bits per heavy atom. The van der Waals surface area contributed by atoms with Crippen molar-refractivity contribution in [2.75, 3.05) is 21.3 Å². The molecule has 8 rings (SSSR count). The molecule has 0 bridgehead atoms. The fourth-order valence-corrected chi connectivity index (χ4v) is 7.49. The highest BCUT2D eigenvalue weighted by molar-refractivity contribution is 6.25. The predicted octanol–water partition coefficient (Wildman–Crippen LogP) is 10.9. The molecule has 1 aliphatic heterocycles. The van der Waals surface area contributed by atoms with Crippen molar-refractivity contribution in [3.63, 3.8) is 0 Å². The highest BCUT2D eigenvalue weighted by Crippen LogP contribution is 2.52. The van der Waals surface area contributed by atoms with Gasteiger partial charge in [0, 0.05) is 38.5 Å². The smallest absolute Gasteiger partial charge is 0.178 e. The zero-order valence-electron chi connectivity index (χ0n) is 29.6. The molecule has 0 radical (unpaired) electrons. The number of aromatic nitrogens is 1. The van der Waals surface area contributed by atoms with Gasteiger partial charge >= 0.3 is 0 Å². The van der Waals surface area contributed by atoms with Gasteiger partial charge in [-0.2, -0.15) is 0 Å². The van der Waals surface area contributed by atoms with Crippen molar-refractivity contribution in [3.05, 3.63) is 143 Å². The van der Waals surface area contributed by atoms with Crippen LogP contribution in [0.5, 0.6) is 23.0 Å². The zero-order chi connectivity index (χ0) is 34.8. The lowest BCUT2D eigenvalue weighted by Gasteiger charge is -2.37. The standard InChI is InChI=1S/C45H41NO4/c1-28-16-21-34-38(24-28)46(32-15-11-14-31(25-32)44(2,3)4)42-35-22-23-45(29-12-9-8-10-13-29,30-17-19-33(47-5)20-18-30)50-43(35)37-27-40(49-7)39(48-6)26-36(37)41(34)42/h8-27H,1-7H3. The Morgan fingerprint density at radius 2 is 1.36 bits per heavy atom. The van der Waals surface area contributed by atoms with Crippen molar-refractivity contribution < 1.29 is 18.9 Å². The number of hydrogen-bond donors (Lipinski definition) is 0. The number of ether oxygens (including phenoxy) is 4. The van der Waals surface area contributed by atoms with Gasteiger partial charge in [0.25, 0.3) is 0 Å². The molecule has 250 valence electrons. The number of nitrogens with zero attached hydrogens (tertiary/aromatic N) is 1. The van der Waals surface area contributed by atoms with E-state index in [2.05, 4.69) is 135 Å². The summed E-state index contributed by atoms with van der Waals surface area (Å²) >= 11 is 0. The number of rotatable bonds is 6. The first-order chi connectivity index (χ1) is 24.2. The van der Waals surface area contributed by atoms with Crippen LogP contribution in [-0.2, 0) is 11.0 Å². The van der Waals surface area contributed by atoms with Gasteiger partial charge in [-0.15, -0.1) is 0 Å². The summed E-state index contributed by atoms with van der Waals surface area (Å²) in [6, 6.07) is 38.4. The third-order valence-electron chi connectivity index (χ3n) is 10.1. The number of benzene rings is 6. The van der Waals surface area contributed by atoms with Gasteiger partial charge in [0.15, 0.2) is 17.1 Å². The Balaban J connectivity index is 1.54. The summed E-state index contributed by atoms with van der Waals surface area (Å²) in [4.78, 5) is 0. The molecule has 0 fully saturated rings. The molecular formula is C45H41NO4. The van der Waals surface area contributed by atoms with E-state index in [0.29, 0.717) is 11.5 Å². The van der Waals surface area contributed by atoms with E-state index in [9.17, 15) is 0 Å². The molecule has 5 heteroatoms. The van der Waals surface area contributed by atoms with Crippen molar-refractivity contribution in [2.24, 2.45) is 0 Å². The molecule has 0 N–H and O–H groups in total. The number of fused-ring (bicyclic) bond motifs is 8. The zero-order valence-corrected chi connectivity index (χ0v) is 29.6. The first kappa shape index (κ1) is 31.6. The number of aryl methyl sites for hydroxylation is 1. The summed E-state index contributed by atoms with van der Waals surface area (Å²) < 4.78 is 27.3. The highest BCUT2D eigenvalue weighted by Gasteiger charge is 2.39. The van der Waals surface area contributed by atoms with E-state index in [1.165, 1.54) is 11.1 Å². The monoisotopic (exact) mass is 659 g/mol. The Labute approximate surface area is 293 Å². The minimum absolute atomic E-state index is 0.0165. The summed E-state index contributed by atoms with van der Waals surface area (Å²) in [5, 5.41) is 4.28. The van der Waals surface area contributed by atoms with E-state index in [1.807, 2.05) is 18.2 Å². The largest absolute Gasteiger partial charge is 0.497 e. The van der Waals surface area contributed by atoms with E-state index >= 15 is 0 Å². The summed E-state index contributed by atoms with van der Waals surface area (Å²) in [5.41, 5.74) is 7.89. The molecule has 0 amide bonds. The van der Waals surface area contributed by atoms with Crippen molar-refractivity contribution in [2.45, 2.75) is 38.7 Å². The molecule has 5 nitrogen and oxygen atoms in total. The fraction of sp³-hybridized carbons (Fsp3) is 0.200. The van der Waals surface area contributed by atoms with Gasteiger partial charge in [-0.05, 0) is 83.5 Å². The molecule has 6 aromatic carbocycles. The first-order valence-corrected chi connectivity index (χ1v) is 17.0. The van der Waals surface area contributed by atoms with E-state index < -0.39 is 5.60 Å². The third-order valence-corrected chi connectivity index (χ3v) is 10.1. The molecule has 1 aromatic heterocycles. The van der Waals surface area contributed by atoms with Crippen LogP contribution in [0.4, 0.5) is 0 Å². The minimum atomic E-state index is -0.909. The molecule has 1 unspecified atom stereocenters. The molecule has 0 saturated carbocycles. The molecule has 7 aromatic rings. The lowest BCUT2D eigenvalue weighted by Crippen LogP contribution is -2.34. The van der Waals surface area contributed by atoms with Gasteiger partial charge in [0.1, 0.15) is 11.5 Å². The van der Waals surface area contributed by atoms with Crippen molar-refractivity contribution in [3.8, 4) is 28.7 Å². The summed E-state index contributed by atoms with van der Waals surface area (Å²) in [7, 11) is 5.05. The maximum Gasteiger partial charge on any atom is 0.178 e. The van der Waals surface area contributed by atoms with Crippen molar-refractivity contribution in [1.29, 1.82) is 0 Å². The maximum absolute atomic E-state index is 7.51. The average Bonchev–Trinajstić information content (AvgIpc) is 3.48. The Morgan fingerprint density at radius 1 is 0.660 bits per heavy atom. The average molecular weight is 660 g/mol. The Hall–Kier alpha value is -5.68. The quantitative estimate of drug-likeness (QED) is 0.178. The summed E-state index contributed by atoms with van der Waals surface area (Å²) in [6.45, 7) is 8.93. The second-order valence-corrected chi connectivity index (χ2v) is 14.1. The van der Waals surface area contributed by atoms with Crippen LogP contribution in [0.15, 0.2) is 115 Å². The van der Waals surface area contributed by atoms with E-state index in [4.69, 9.17) is 18.9 Å². The Bertz CT molecular complexity index is 2450. The second kappa shape index (κ2) is 11.7. The molecule has 1 atom stereocenters. The van der Waals surface area contributed by atoms with Gasteiger partial charge < -0.3 is 23.5 Å². The topological polar surface area (TPSA) is 41.9 Å².